The number of hydrogen-bond donors (Lipinski definition) is 1. The van der Waals surface area contributed by atoms with E-state index in [0.717, 1.165) is 0 Å². The third kappa shape index (κ3) is 3.74. The van der Waals surface area contributed by atoms with Crippen LogP contribution in [0.25, 0.3) is 0 Å². The van der Waals surface area contributed by atoms with Crippen LogP contribution in [-0.4, -0.2) is 10.0 Å². The van der Waals surface area contributed by atoms with Gasteiger partial charge in [-0.15, -0.1) is 0 Å². The number of ether oxygens (including phenoxy) is 1. The Morgan fingerprint density at radius 3 is 2.38 bits per heavy atom. The molecule has 1 N–H and O–H groups in total. The fourth-order valence-corrected chi connectivity index (χ4v) is 3.10. The average Bonchev–Trinajstić information content (AvgIpc) is 2.42. The standard InChI is InChI=1S/C13H8Br2ClNO4/c14-10-4-9(17(19)20)5-11(15)13(10)21-12-3-8(16)2-1-7(12)6-18/h1-5,18H,6H2. The molecule has 0 aromatic heterocycles. The van der Waals surface area contributed by atoms with Gasteiger partial charge in [-0.2, -0.15) is 0 Å². The van der Waals surface area contributed by atoms with Gasteiger partial charge in [0, 0.05) is 22.7 Å². The molecule has 0 radical (unpaired) electrons. The van der Waals surface area contributed by atoms with Crippen molar-refractivity contribution in [2.75, 3.05) is 0 Å². The Labute approximate surface area is 141 Å². The molecule has 5 nitrogen and oxygen atoms in total. The van der Waals surface area contributed by atoms with Crippen molar-refractivity contribution < 1.29 is 14.8 Å². The SMILES string of the molecule is O=[N+]([O-])c1cc(Br)c(Oc2cc(Cl)ccc2CO)c(Br)c1. The average molecular weight is 437 g/mol. The molecule has 0 bridgehead atoms. The zero-order valence-corrected chi connectivity index (χ0v) is 14.3. The number of nitrogens with zero attached hydrogens (tertiary/aromatic N) is 1. The number of rotatable bonds is 4. The molecule has 0 amide bonds. The van der Waals surface area contributed by atoms with Crippen molar-refractivity contribution in [2.24, 2.45) is 0 Å². The van der Waals surface area contributed by atoms with E-state index in [2.05, 4.69) is 31.9 Å². The minimum absolute atomic E-state index is 0.0745. The van der Waals surface area contributed by atoms with Gasteiger partial charge in [0.1, 0.15) is 5.75 Å². The molecule has 21 heavy (non-hydrogen) atoms. The van der Waals surface area contributed by atoms with E-state index >= 15 is 0 Å². The van der Waals surface area contributed by atoms with Crippen LogP contribution in [0.15, 0.2) is 39.3 Å². The maximum Gasteiger partial charge on any atom is 0.271 e. The fourth-order valence-electron chi connectivity index (χ4n) is 1.61. The third-order valence-corrected chi connectivity index (χ3v) is 4.02. The molecule has 0 saturated heterocycles. The minimum Gasteiger partial charge on any atom is -0.455 e. The topological polar surface area (TPSA) is 72.6 Å². The molecule has 2 aromatic rings. The summed E-state index contributed by atoms with van der Waals surface area (Å²) in [6.45, 7) is -0.214. The summed E-state index contributed by atoms with van der Waals surface area (Å²) in [4.78, 5) is 10.3. The summed E-state index contributed by atoms with van der Waals surface area (Å²) in [5.74, 6) is 0.734. The van der Waals surface area contributed by atoms with Gasteiger partial charge in [0.05, 0.1) is 20.5 Å². The maximum absolute atomic E-state index is 10.8. The summed E-state index contributed by atoms with van der Waals surface area (Å²) in [7, 11) is 0. The first-order valence-corrected chi connectivity index (χ1v) is 7.59. The normalized spacial score (nSPS) is 10.5. The number of halogens is 3. The summed E-state index contributed by atoms with van der Waals surface area (Å²) in [6.07, 6.45) is 0. The number of non-ortho nitro benzene ring substituents is 1. The van der Waals surface area contributed by atoms with Gasteiger partial charge in [-0.25, -0.2) is 0 Å². The second-order valence-corrected chi connectivity index (χ2v) is 6.15. The molecule has 2 rings (SSSR count). The Bertz CT molecular complexity index is 686. The lowest BCUT2D eigenvalue weighted by Crippen LogP contribution is -1.95. The van der Waals surface area contributed by atoms with Gasteiger partial charge < -0.3 is 9.84 Å². The van der Waals surface area contributed by atoms with Gasteiger partial charge in [-0.1, -0.05) is 17.7 Å². The molecule has 2 aromatic carbocycles. The van der Waals surface area contributed by atoms with Crippen LogP contribution in [0.1, 0.15) is 5.56 Å². The minimum atomic E-state index is -0.502. The molecular formula is C13H8Br2ClNO4. The molecule has 8 heteroatoms. The highest BCUT2D eigenvalue weighted by atomic mass is 79.9. The van der Waals surface area contributed by atoms with Crippen molar-refractivity contribution in [3.8, 4) is 11.5 Å². The quantitative estimate of drug-likeness (QED) is 0.536. The number of hydrogen-bond acceptors (Lipinski definition) is 4. The van der Waals surface area contributed by atoms with E-state index in [0.29, 0.717) is 31.0 Å². The van der Waals surface area contributed by atoms with Crippen molar-refractivity contribution in [3.63, 3.8) is 0 Å². The number of aliphatic hydroxyl groups is 1. The number of nitro benzene ring substituents is 1. The lowest BCUT2D eigenvalue weighted by atomic mass is 10.2. The Kier molecular flexibility index (Phi) is 5.21. The van der Waals surface area contributed by atoms with E-state index in [1.807, 2.05) is 0 Å². The van der Waals surface area contributed by atoms with Crippen molar-refractivity contribution in [3.05, 3.63) is 60.0 Å². The van der Waals surface area contributed by atoms with Gasteiger partial charge in [-0.05, 0) is 44.0 Å². The van der Waals surface area contributed by atoms with E-state index in [9.17, 15) is 15.2 Å². The summed E-state index contributed by atoms with van der Waals surface area (Å²) in [6, 6.07) is 7.52. The monoisotopic (exact) mass is 435 g/mol. The van der Waals surface area contributed by atoms with Crippen molar-refractivity contribution in [1.82, 2.24) is 0 Å². The Morgan fingerprint density at radius 2 is 1.86 bits per heavy atom. The Hall–Kier alpha value is -1.15. The van der Waals surface area contributed by atoms with Crippen LogP contribution in [-0.2, 0) is 6.61 Å². The summed E-state index contributed by atoms with van der Waals surface area (Å²) in [5.41, 5.74) is 0.478. The van der Waals surface area contributed by atoms with Gasteiger partial charge >= 0.3 is 0 Å². The largest absolute Gasteiger partial charge is 0.455 e. The Balaban J connectivity index is 2.45. The molecule has 0 aliphatic carbocycles. The van der Waals surface area contributed by atoms with Crippen molar-refractivity contribution >= 4 is 49.1 Å². The van der Waals surface area contributed by atoms with Crippen LogP contribution in [0.3, 0.4) is 0 Å². The van der Waals surface area contributed by atoms with E-state index < -0.39 is 4.92 Å². The van der Waals surface area contributed by atoms with E-state index in [-0.39, 0.29) is 12.3 Å². The summed E-state index contributed by atoms with van der Waals surface area (Å²) >= 11 is 12.4. The maximum atomic E-state index is 10.8. The number of aliphatic hydroxyl groups excluding tert-OH is 1. The molecule has 0 saturated carbocycles. The zero-order chi connectivity index (χ0) is 15.6. The molecule has 0 aliphatic heterocycles. The van der Waals surface area contributed by atoms with E-state index in [1.165, 1.54) is 12.1 Å². The molecule has 0 spiro atoms. The van der Waals surface area contributed by atoms with Gasteiger partial charge in [0.2, 0.25) is 0 Å². The summed E-state index contributed by atoms with van der Waals surface area (Å²) in [5, 5.41) is 20.6. The second kappa shape index (κ2) is 6.74. The first-order chi connectivity index (χ1) is 9.92. The fraction of sp³-hybridized carbons (Fsp3) is 0.0769. The lowest BCUT2D eigenvalue weighted by Gasteiger charge is -2.13. The third-order valence-electron chi connectivity index (χ3n) is 2.61. The van der Waals surface area contributed by atoms with Gasteiger partial charge in [0.25, 0.3) is 5.69 Å². The lowest BCUT2D eigenvalue weighted by molar-refractivity contribution is -0.385. The van der Waals surface area contributed by atoms with Gasteiger partial charge in [0.15, 0.2) is 5.75 Å². The molecule has 0 unspecified atom stereocenters. The first kappa shape index (κ1) is 16.2. The first-order valence-electron chi connectivity index (χ1n) is 5.63. The van der Waals surface area contributed by atoms with E-state index in [1.54, 1.807) is 18.2 Å². The molecule has 0 fully saturated rings. The highest BCUT2D eigenvalue weighted by molar-refractivity contribution is 9.11. The highest BCUT2D eigenvalue weighted by Crippen LogP contribution is 2.41. The van der Waals surface area contributed by atoms with E-state index in [4.69, 9.17) is 16.3 Å². The van der Waals surface area contributed by atoms with Crippen LogP contribution < -0.4 is 4.74 Å². The Morgan fingerprint density at radius 1 is 1.24 bits per heavy atom. The molecule has 0 aliphatic rings. The second-order valence-electron chi connectivity index (χ2n) is 4.01. The van der Waals surface area contributed by atoms with Gasteiger partial charge in [-0.3, -0.25) is 10.1 Å². The molecule has 0 heterocycles. The van der Waals surface area contributed by atoms with Crippen molar-refractivity contribution in [2.45, 2.75) is 6.61 Å². The van der Waals surface area contributed by atoms with Crippen molar-refractivity contribution in [1.29, 1.82) is 0 Å². The highest BCUT2D eigenvalue weighted by Gasteiger charge is 2.17. The zero-order valence-electron chi connectivity index (χ0n) is 10.3. The number of benzene rings is 2. The molecule has 0 atom stereocenters. The molecular weight excluding hydrogens is 429 g/mol. The number of nitro groups is 1. The van der Waals surface area contributed by atoms with Crippen LogP contribution in [0, 0.1) is 10.1 Å². The van der Waals surface area contributed by atoms with Crippen LogP contribution in [0.2, 0.25) is 5.02 Å². The predicted molar refractivity (Wildman–Crippen MR) is 85.9 cm³/mol. The van der Waals surface area contributed by atoms with Crippen LogP contribution >= 0.6 is 43.5 Å². The summed E-state index contributed by atoms with van der Waals surface area (Å²) < 4.78 is 6.54. The smallest absolute Gasteiger partial charge is 0.271 e. The van der Waals surface area contributed by atoms with Crippen LogP contribution in [0.4, 0.5) is 5.69 Å². The van der Waals surface area contributed by atoms with Crippen LogP contribution in [0.5, 0.6) is 11.5 Å². The predicted octanol–water partition coefficient (Wildman–Crippen LogP) is 5.06. The molecule has 110 valence electrons.